The van der Waals surface area contributed by atoms with Crippen LogP contribution in [0.15, 0.2) is 12.2 Å². The first-order valence-corrected chi connectivity index (χ1v) is 9.44. The van der Waals surface area contributed by atoms with Gasteiger partial charge in [0.1, 0.15) is 0 Å². The highest BCUT2D eigenvalue weighted by Gasteiger charge is 2.68. The zero-order valence-electron chi connectivity index (χ0n) is 14.6. The van der Waals surface area contributed by atoms with Crippen LogP contribution in [0, 0.1) is 34.0 Å². The number of rotatable bonds is 1. The van der Waals surface area contributed by atoms with E-state index in [1.54, 1.807) is 0 Å². The van der Waals surface area contributed by atoms with E-state index in [0.29, 0.717) is 11.8 Å². The van der Waals surface area contributed by atoms with Crippen LogP contribution >= 0.6 is 0 Å². The fourth-order valence-electron chi connectivity index (χ4n) is 7.80. The van der Waals surface area contributed by atoms with Gasteiger partial charge in [-0.1, -0.05) is 26.8 Å². The highest BCUT2D eigenvalue weighted by Crippen LogP contribution is 2.71. The van der Waals surface area contributed by atoms with Crippen molar-refractivity contribution in [2.45, 2.75) is 71.0 Å². The van der Waals surface area contributed by atoms with Crippen LogP contribution in [-0.2, 0) is 0 Å². The maximum Gasteiger partial charge on any atom is 0.0810 e. The second kappa shape index (κ2) is 4.83. The van der Waals surface area contributed by atoms with Crippen molar-refractivity contribution in [2.75, 3.05) is 6.61 Å². The molecule has 130 valence electrons. The molecule has 0 unspecified atom stereocenters. The van der Waals surface area contributed by atoms with Gasteiger partial charge < -0.3 is 15.3 Å². The van der Waals surface area contributed by atoms with E-state index in [2.05, 4.69) is 20.4 Å². The lowest BCUT2D eigenvalue weighted by molar-refractivity contribution is -0.210. The number of aliphatic hydroxyl groups is 3. The molecular weight excluding hydrogens is 288 g/mol. The maximum absolute atomic E-state index is 11.0. The predicted octanol–water partition coefficient (Wildman–Crippen LogP) is 2.89. The zero-order chi connectivity index (χ0) is 16.6. The summed E-state index contributed by atoms with van der Waals surface area (Å²) in [7, 11) is 0. The van der Waals surface area contributed by atoms with Gasteiger partial charge in [-0.2, -0.15) is 0 Å². The molecule has 4 aliphatic rings. The van der Waals surface area contributed by atoms with Crippen molar-refractivity contribution in [3.63, 3.8) is 0 Å². The maximum atomic E-state index is 11.0. The van der Waals surface area contributed by atoms with Gasteiger partial charge in [-0.25, -0.2) is 0 Å². The van der Waals surface area contributed by atoms with Crippen molar-refractivity contribution in [1.29, 1.82) is 0 Å². The zero-order valence-corrected chi connectivity index (χ0v) is 14.6. The molecule has 1 spiro atoms. The minimum atomic E-state index is -0.449. The Kier molecular flexibility index (Phi) is 3.38. The van der Waals surface area contributed by atoms with E-state index in [1.807, 2.05) is 0 Å². The van der Waals surface area contributed by atoms with Crippen LogP contribution in [0.5, 0.6) is 0 Å². The minimum Gasteiger partial charge on any atom is -0.396 e. The van der Waals surface area contributed by atoms with E-state index in [0.717, 1.165) is 50.5 Å². The van der Waals surface area contributed by atoms with Crippen LogP contribution in [0.4, 0.5) is 0 Å². The number of hydrogen-bond donors (Lipinski definition) is 3. The molecule has 3 N–H and O–H groups in total. The smallest absolute Gasteiger partial charge is 0.0810 e. The predicted molar refractivity (Wildman–Crippen MR) is 89.7 cm³/mol. The average molecular weight is 320 g/mol. The van der Waals surface area contributed by atoms with Crippen LogP contribution in [0.25, 0.3) is 0 Å². The van der Waals surface area contributed by atoms with E-state index in [1.165, 1.54) is 0 Å². The van der Waals surface area contributed by atoms with Crippen molar-refractivity contribution in [3.05, 3.63) is 12.2 Å². The van der Waals surface area contributed by atoms with Crippen molar-refractivity contribution in [2.24, 2.45) is 34.0 Å². The monoisotopic (exact) mass is 320 g/mol. The molecule has 3 heteroatoms. The number of fused-ring (bicyclic) bond motifs is 3. The molecule has 0 aromatic rings. The Morgan fingerprint density at radius 1 is 1.17 bits per heavy atom. The molecule has 0 amide bonds. The van der Waals surface area contributed by atoms with Gasteiger partial charge in [0.25, 0.3) is 0 Å². The van der Waals surface area contributed by atoms with E-state index in [9.17, 15) is 15.3 Å². The third kappa shape index (κ3) is 1.82. The number of aliphatic hydroxyl groups excluding tert-OH is 3. The van der Waals surface area contributed by atoms with Crippen LogP contribution in [0.1, 0.15) is 58.8 Å². The summed E-state index contributed by atoms with van der Waals surface area (Å²) in [5.74, 6) is 0.881. The van der Waals surface area contributed by atoms with Crippen LogP contribution < -0.4 is 0 Å². The first-order chi connectivity index (χ1) is 10.8. The Labute approximate surface area is 139 Å². The Morgan fingerprint density at radius 2 is 1.91 bits per heavy atom. The molecule has 0 saturated heterocycles. The summed E-state index contributed by atoms with van der Waals surface area (Å²) in [4.78, 5) is 0. The highest BCUT2D eigenvalue weighted by atomic mass is 16.3. The topological polar surface area (TPSA) is 60.7 Å². The fraction of sp³-hybridized carbons (Fsp3) is 0.900. The molecule has 0 heterocycles. The molecule has 3 nitrogen and oxygen atoms in total. The molecular formula is C20H32O3. The molecule has 0 aromatic heterocycles. The van der Waals surface area contributed by atoms with Crippen molar-refractivity contribution >= 4 is 0 Å². The Balaban J connectivity index is 1.80. The standard InChI is InChI=1S/C20H32O3/c1-12-13-9-14(22)16-19(3)7-4-6-18(2,11-21)15(19)5-8-20(16,10-13)17(12)23/h13-17,21-23H,1,4-11H2,2-3H3/t13-,14+,15-,16+,17+,18+,19-,20-/m1/s1. The Bertz CT molecular complexity index is 531. The summed E-state index contributed by atoms with van der Waals surface area (Å²) in [6.45, 7) is 8.98. The molecule has 8 atom stereocenters. The van der Waals surface area contributed by atoms with Gasteiger partial charge in [0.05, 0.1) is 12.2 Å². The van der Waals surface area contributed by atoms with Gasteiger partial charge in [0.15, 0.2) is 0 Å². The van der Waals surface area contributed by atoms with E-state index >= 15 is 0 Å². The van der Waals surface area contributed by atoms with Crippen LogP contribution in [-0.4, -0.2) is 34.1 Å². The summed E-state index contributed by atoms with van der Waals surface area (Å²) in [5.41, 5.74) is 0.781. The first-order valence-electron chi connectivity index (χ1n) is 9.44. The third-order valence-corrected chi connectivity index (χ3v) is 8.65. The molecule has 0 aromatic carbocycles. The van der Waals surface area contributed by atoms with E-state index in [-0.39, 0.29) is 34.9 Å². The minimum absolute atomic E-state index is 0.0178. The number of hydrogen-bond acceptors (Lipinski definition) is 3. The molecule has 4 aliphatic carbocycles. The normalized spacial score (nSPS) is 58.7. The van der Waals surface area contributed by atoms with E-state index in [4.69, 9.17) is 0 Å². The average Bonchev–Trinajstić information content (AvgIpc) is 2.68. The summed E-state index contributed by atoms with van der Waals surface area (Å²) in [6, 6.07) is 0. The van der Waals surface area contributed by atoms with Crippen LogP contribution in [0.3, 0.4) is 0 Å². The summed E-state index contributed by atoms with van der Waals surface area (Å²) in [6.07, 6.45) is 6.33. The first kappa shape index (κ1) is 16.1. The SMILES string of the molecule is C=C1[C@@H]2C[C@H](O)[C@H]3[C@]4(C)CCC[C@@](C)(CO)[C@H]4CC[C@]3(C2)[C@H]1O. The molecule has 4 rings (SSSR count). The van der Waals surface area contributed by atoms with Gasteiger partial charge in [-0.15, -0.1) is 0 Å². The molecule has 0 radical (unpaired) electrons. The van der Waals surface area contributed by atoms with Gasteiger partial charge >= 0.3 is 0 Å². The quantitative estimate of drug-likeness (QED) is 0.651. The summed E-state index contributed by atoms with van der Waals surface area (Å²) in [5, 5.41) is 32.1. The second-order valence-electron chi connectivity index (χ2n) is 9.66. The lowest BCUT2D eigenvalue weighted by Crippen LogP contribution is -2.62. The van der Waals surface area contributed by atoms with Crippen LogP contribution in [0.2, 0.25) is 0 Å². The van der Waals surface area contributed by atoms with E-state index < -0.39 is 6.10 Å². The van der Waals surface area contributed by atoms with Gasteiger partial charge in [0.2, 0.25) is 0 Å². The third-order valence-electron chi connectivity index (χ3n) is 8.65. The van der Waals surface area contributed by atoms with Crippen molar-refractivity contribution in [1.82, 2.24) is 0 Å². The van der Waals surface area contributed by atoms with Crippen molar-refractivity contribution < 1.29 is 15.3 Å². The Hall–Kier alpha value is -0.380. The summed E-state index contributed by atoms with van der Waals surface area (Å²) < 4.78 is 0. The van der Waals surface area contributed by atoms with Gasteiger partial charge in [0, 0.05) is 12.0 Å². The molecule has 4 saturated carbocycles. The molecule has 0 aliphatic heterocycles. The molecule has 23 heavy (non-hydrogen) atoms. The second-order valence-corrected chi connectivity index (χ2v) is 9.66. The van der Waals surface area contributed by atoms with Gasteiger partial charge in [-0.3, -0.25) is 0 Å². The fourth-order valence-corrected chi connectivity index (χ4v) is 7.80. The van der Waals surface area contributed by atoms with Crippen molar-refractivity contribution in [3.8, 4) is 0 Å². The molecule has 4 fully saturated rings. The molecule has 2 bridgehead atoms. The summed E-state index contributed by atoms with van der Waals surface area (Å²) >= 11 is 0. The largest absolute Gasteiger partial charge is 0.396 e. The Morgan fingerprint density at radius 3 is 2.61 bits per heavy atom. The highest BCUT2D eigenvalue weighted by molar-refractivity contribution is 5.28. The van der Waals surface area contributed by atoms with Gasteiger partial charge in [-0.05, 0) is 72.7 Å². The lowest BCUT2D eigenvalue weighted by Gasteiger charge is -2.65. The lowest BCUT2D eigenvalue weighted by atomic mass is 9.40.